The topological polar surface area (TPSA) is 196 Å². The van der Waals surface area contributed by atoms with Gasteiger partial charge < -0.3 is 30.7 Å². The molecular weight excluding hydrogens is 620 g/mol. The Bertz CT molecular complexity index is 1340. The standard InChI is InChI=1S/C36H54N2O10/c1-7-20(4)31(33(45)46)38-32(44)30(19(2)3)37-27(42)10-11-28(43)48-18-26(41)36(47)15-13-24-23-9-8-21-16-22(39)12-14-34(21,5)29(23)25(40)17-35(24,36)6/h16,19-20,23-25,29-31,40,47H,7-15,17-18H2,1-6H3,(H,37,42)(H,38,44)(H,45,46)/t20-,23-,24+,25+,29+,30+,31-,34-,35-,36-/m0/s1. The van der Waals surface area contributed by atoms with E-state index in [2.05, 4.69) is 17.6 Å². The van der Waals surface area contributed by atoms with E-state index in [4.69, 9.17) is 4.74 Å². The molecule has 0 radical (unpaired) electrons. The van der Waals surface area contributed by atoms with Crippen molar-refractivity contribution in [3.63, 3.8) is 0 Å². The molecule has 3 fully saturated rings. The van der Waals surface area contributed by atoms with Crippen LogP contribution in [0.1, 0.15) is 106 Å². The van der Waals surface area contributed by atoms with Gasteiger partial charge in [-0.05, 0) is 79.6 Å². The molecule has 4 rings (SSSR count). The molecule has 0 spiro atoms. The molecule has 12 nitrogen and oxygen atoms in total. The number of carbonyl (C=O) groups excluding carboxylic acids is 5. The number of ether oxygens (including phenoxy) is 1. The molecule has 10 atom stereocenters. The fourth-order valence-electron chi connectivity index (χ4n) is 9.41. The molecule has 268 valence electrons. The number of amides is 2. The molecule has 0 bridgehead atoms. The predicted molar refractivity (Wildman–Crippen MR) is 174 cm³/mol. The van der Waals surface area contributed by atoms with Crippen molar-refractivity contribution in [2.75, 3.05) is 6.61 Å². The zero-order valence-corrected chi connectivity index (χ0v) is 29.2. The average molecular weight is 675 g/mol. The van der Waals surface area contributed by atoms with Gasteiger partial charge in [-0.3, -0.25) is 24.0 Å². The SMILES string of the molecule is CC[C@H](C)[C@H](NC(=O)[C@H](NC(=O)CCC(=O)OCC(=O)[C@@]1(O)CC[C@@H]2[C@@H]3CCC4=CC(=O)CC[C@]4(C)[C@H]3[C@H](O)C[C@@]21C)C(C)C)C(=O)O. The van der Waals surface area contributed by atoms with Crippen molar-refractivity contribution in [2.45, 2.75) is 130 Å². The van der Waals surface area contributed by atoms with Gasteiger partial charge in [0.05, 0.1) is 12.5 Å². The van der Waals surface area contributed by atoms with Crippen LogP contribution in [-0.2, 0) is 33.5 Å². The molecule has 4 aliphatic carbocycles. The van der Waals surface area contributed by atoms with Crippen molar-refractivity contribution in [1.82, 2.24) is 10.6 Å². The van der Waals surface area contributed by atoms with Gasteiger partial charge in [0.1, 0.15) is 17.7 Å². The Hall–Kier alpha value is -3.12. The van der Waals surface area contributed by atoms with Gasteiger partial charge in [-0.2, -0.15) is 0 Å². The second-order valence-corrected chi connectivity index (χ2v) is 15.6. The van der Waals surface area contributed by atoms with Gasteiger partial charge in [0.2, 0.25) is 17.6 Å². The fraction of sp³-hybridized carbons (Fsp3) is 0.778. The quantitative estimate of drug-likeness (QED) is 0.181. The summed E-state index contributed by atoms with van der Waals surface area (Å²) in [5.41, 5.74) is -1.90. The summed E-state index contributed by atoms with van der Waals surface area (Å²) in [4.78, 5) is 75.5. The highest BCUT2D eigenvalue weighted by Gasteiger charge is 2.68. The molecule has 5 N–H and O–H groups in total. The van der Waals surface area contributed by atoms with E-state index in [1.807, 2.05) is 13.8 Å². The van der Waals surface area contributed by atoms with Crippen molar-refractivity contribution < 1.29 is 48.8 Å². The lowest BCUT2D eigenvalue weighted by Crippen LogP contribution is -2.62. The van der Waals surface area contributed by atoms with E-state index in [-0.39, 0.29) is 66.5 Å². The number of carbonyl (C=O) groups is 6. The van der Waals surface area contributed by atoms with Gasteiger partial charge in [-0.1, -0.05) is 53.5 Å². The molecule has 0 saturated heterocycles. The first-order valence-electron chi connectivity index (χ1n) is 17.5. The normalized spacial score (nSPS) is 34.4. The first-order chi connectivity index (χ1) is 22.4. The number of carboxylic acid groups (broad SMARTS) is 1. The van der Waals surface area contributed by atoms with E-state index in [0.717, 1.165) is 18.4 Å². The summed E-state index contributed by atoms with van der Waals surface area (Å²) in [5.74, 6) is -4.42. The highest BCUT2D eigenvalue weighted by Crippen LogP contribution is 2.67. The number of aliphatic carboxylic acids is 1. The number of aliphatic hydroxyl groups is 2. The van der Waals surface area contributed by atoms with E-state index in [9.17, 15) is 44.1 Å². The van der Waals surface area contributed by atoms with E-state index in [1.165, 1.54) is 0 Å². The highest BCUT2D eigenvalue weighted by atomic mass is 16.5. The minimum atomic E-state index is -1.79. The molecule has 0 aromatic heterocycles. The summed E-state index contributed by atoms with van der Waals surface area (Å²) in [6.07, 6.45) is 4.52. The number of fused-ring (bicyclic) bond motifs is 5. The number of nitrogens with one attached hydrogen (secondary N) is 2. The Morgan fingerprint density at radius 1 is 1.00 bits per heavy atom. The van der Waals surface area contributed by atoms with Gasteiger partial charge in [-0.15, -0.1) is 0 Å². The van der Waals surface area contributed by atoms with Crippen LogP contribution < -0.4 is 10.6 Å². The van der Waals surface area contributed by atoms with Gasteiger partial charge in [0.15, 0.2) is 12.4 Å². The minimum absolute atomic E-state index is 0.0164. The zero-order valence-electron chi connectivity index (χ0n) is 29.2. The monoisotopic (exact) mass is 674 g/mol. The van der Waals surface area contributed by atoms with Gasteiger partial charge in [-0.25, -0.2) is 4.79 Å². The third kappa shape index (κ3) is 6.97. The Morgan fingerprint density at radius 3 is 2.31 bits per heavy atom. The number of ketones is 2. The summed E-state index contributed by atoms with van der Waals surface area (Å²) in [6, 6.07) is -2.13. The summed E-state index contributed by atoms with van der Waals surface area (Å²) in [5, 5.41) is 38.0. The van der Waals surface area contributed by atoms with E-state index in [0.29, 0.717) is 25.7 Å². The number of hydrogen-bond donors (Lipinski definition) is 5. The Balaban J connectivity index is 1.32. The van der Waals surface area contributed by atoms with Crippen LogP contribution in [0.4, 0.5) is 0 Å². The van der Waals surface area contributed by atoms with Crippen LogP contribution in [-0.4, -0.2) is 81.0 Å². The van der Waals surface area contributed by atoms with E-state index >= 15 is 0 Å². The molecule has 48 heavy (non-hydrogen) atoms. The lowest BCUT2D eigenvalue weighted by Gasteiger charge is -2.60. The van der Waals surface area contributed by atoms with Crippen LogP contribution >= 0.6 is 0 Å². The van der Waals surface area contributed by atoms with Crippen LogP contribution in [0.2, 0.25) is 0 Å². The maximum atomic E-state index is 13.5. The first-order valence-corrected chi connectivity index (χ1v) is 17.5. The number of Topliss-reactive ketones (excluding diaryl/α,β-unsaturated/α-hetero) is 1. The summed E-state index contributed by atoms with van der Waals surface area (Å²) in [7, 11) is 0. The smallest absolute Gasteiger partial charge is 0.326 e. The Kier molecular flexibility index (Phi) is 11.3. The summed E-state index contributed by atoms with van der Waals surface area (Å²) < 4.78 is 5.23. The van der Waals surface area contributed by atoms with Crippen LogP contribution in [0.25, 0.3) is 0 Å². The van der Waals surface area contributed by atoms with Crippen molar-refractivity contribution in [2.24, 2.45) is 40.4 Å². The minimum Gasteiger partial charge on any atom is -0.480 e. The summed E-state index contributed by atoms with van der Waals surface area (Å²) >= 11 is 0. The lowest BCUT2D eigenvalue weighted by molar-refractivity contribution is -0.184. The van der Waals surface area contributed by atoms with Crippen molar-refractivity contribution in [3.8, 4) is 0 Å². The number of hydrogen-bond acceptors (Lipinski definition) is 9. The molecule has 0 aromatic rings. The van der Waals surface area contributed by atoms with Crippen LogP contribution in [0, 0.1) is 40.4 Å². The van der Waals surface area contributed by atoms with E-state index in [1.54, 1.807) is 26.8 Å². The molecule has 3 saturated carbocycles. The third-order valence-electron chi connectivity index (χ3n) is 12.5. The number of esters is 1. The molecule has 0 unspecified atom stereocenters. The number of aliphatic hydroxyl groups excluding tert-OH is 1. The molecule has 2 amide bonds. The van der Waals surface area contributed by atoms with Gasteiger partial charge >= 0.3 is 11.9 Å². The van der Waals surface area contributed by atoms with Crippen molar-refractivity contribution in [3.05, 3.63) is 11.6 Å². The first kappa shape index (κ1) is 37.7. The lowest BCUT2D eigenvalue weighted by atomic mass is 9.45. The Labute approximate surface area is 282 Å². The maximum Gasteiger partial charge on any atom is 0.326 e. The van der Waals surface area contributed by atoms with Crippen LogP contribution in [0.15, 0.2) is 11.6 Å². The largest absolute Gasteiger partial charge is 0.480 e. The van der Waals surface area contributed by atoms with Crippen LogP contribution in [0.3, 0.4) is 0 Å². The average Bonchev–Trinajstić information content (AvgIpc) is 3.29. The molecule has 12 heteroatoms. The van der Waals surface area contributed by atoms with Gasteiger partial charge in [0.25, 0.3) is 0 Å². The fourth-order valence-corrected chi connectivity index (χ4v) is 9.41. The molecule has 0 aromatic carbocycles. The van der Waals surface area contributed by atoms with E-state index < -0.39 is 65.3 Å². The Morgan fingerprint density at radius 2 is 1.69 bits per heavy atom. The maximum absolute atomic E-state index is 13.5. The van der Waals surface area contributed by atoms with Gasteiger partial charge in [0, 0.05) is 18.3 Å². The summed E-state index contributed by atoms with van der Waals surface area (Å²) in [6.45, 7) is 10.3. The second kappa shape index (κ2) is 14.4. The molecule has 4 aliphatic rings. The number of rotatable bonds is 13. The molecule has 0 aliphatic heterocycles. The predicted octanol–water partition coefficient (Wildman–Crippen LogP) is 2.87. The number of allylic oxidation sites excluding steroid dienone is 1. The second-order valence-electron chi connectivity index (χ2n) is 15.6. The highest BCUT2D eigenvalue weighted by molar-refractivity contribution is 5.93. The third-order valence-corrected chi connectivity index (χ3v) is 12.5. The van der Waals surface area contributed by atoms with Crippen molar-refractivity contribution >= 4 is 35.3 Å². The zero-order chi connectivity index (χ0) is 35.8. The molecule has 0 heterocycles. The molecular formula is C36H54N2O10. The van der Waals surface area contributed by atoms with Crippen LogP contribution in [0.5, 0.6) is 0 Å². The number of carboxylic acids is 1. The van der Waals surface area contributed by atoms with Crippen molar-refractivity contribution in [1.29, 1.82) is 0 Å².